The lowest BCUT2D eigenvalue weighted by molar-refractivity contribution is 0.717. The van der Waals surface area contributed by atoms with Crippen molar-refractivity contribution in [3.05, 3.63) is 34.7 Å². The number of hydrogen-bond donors (Lipinski definition) is 0. The van der Waals surface area contributed by atoms with E-state index in [1.165, 1.54) is 5.56 Å². The Bertz CT molecular complexity index is 866. The van der Waals surface area contributed by atoms with E-state index in [0.29, 0.717) is 5.92 Å². The zero-order valence-electron chi connectivity index (χ0n) is 12.8. The third-order valence-electron chi connectivity index (χ3n) is 3.80. The summed E-state index contributed by atoms with van der Waals surface area (Å²) < 4.78 is 0. The van der Waals surface area contributed by atoms with Gasteiger partial charge in [0.1, 0.15) is 10.3 Å². The van der Waals surface area contributed by atoms with E-state index in [1.54, 1.807) is 11.3 Å². The van der Waals surface area contributed by atoms with Crippen molar-refractivity contribution in [1.29, 1.82) is 0 Å². The summed E-state index contributed by atoms with van der Waals surface area (Å²) in [6.07, 6.45) is 5.63. The molecule has 21 heavy (non-hydrogen) atoms. The predicted molar refractivity (Wildman–Crippen MR) is 90.9 cm³/mol. The van der Waals surface area contributed by atoms with Gasteiger partial charge < -0.3 is 0 Å². The van der Waals surface area contributed by atoms with Crippen molar-refractivity contribution in [2.45, 2.75) is 39.0 Å². The van der Waals surface area contributed by atoms with Crippen LogP contribution in [0.1, 0.15) is 44.1 Å². The molecule has 0 aliphatic carbocycles. The molecule has 0 aliphatic rings. The smallest absolute Gasteiger partial charge is 0.142 e. The fraction of sp³-hybridized carbons (Fsp3) is 0.333. The van der Waals surface area contributed by atoms with E-state index in [4.69, 9.17) is 16.4 Å². The largest absolute Gasteiger partial charge is 0.244 e. The molecule has 2 nitrogen and oxygen atoms in total. The van der Waals surface area contributed by atoms with Crippen LogP contribution in [0.2, 0.25) is 0 Å². The Morgan fingerprint density at radius 2 is 1.86 bits per heavy atom. The monoisotopic (exact) mass is 294 g/mol. The molecule has 0 radical (unpaired) electrons. The molecule has 0 amide bonds. The van der Waals surface area contributed by atoms with Gasteiger partial charge in [0.05, 0.1) is 16.4 Å². The van der Waals surface area contributed by atoms with Crippen LogP contribution in [0.15, 0.2) is 24.3 Å². The van der Waals surface area contributed by atoms with Crippen molar-refractivity contribution < 1.29 is 0 Å². The zero-order valence-corrected chi connectivity index (χ0v) is 13.6. The Morgan fingerprint density at radius 1 is 1.10 bits per heavy atom. The summed E-state index contributed by atoms with van der Waals surface area (Å²) in [6, 6.07) is 8.40. The van der Waals surface area contributed by atoms with Gasteiger partial charge in [-0.05, 0) is 43.5 Å². The van der Waals surface area contributed by atoms with Crippen LogP contribution in [0, 0.1) is 12.3 Å². The number of thiophene rings is 1. The van der Waals surface area contributed by atoms with Gasteiger partial charge in [-0.25, -0.2) is 9.97 Å². The van der Waals surface area contributed by atoms with Gasteiger partial charge >= 0.3 is 0 Å². The molecule has 106 valence electrons. The Hall–Kier alpha value is -1.92. The molecule has 2 aromatic heterocycles. The van der Waals surface area contributed by atoms with Gasteiger partial charge in [-0.15, -0.1) is 17.8 Å². The van der Waals surface area contributed by atoms with Gasteiger partial charge in [0, 0.05) is 4.88 Å². The van der Waals surface area contributed by atoms with Gasteiger partial charge in [-0.1, -0.05) is 25.8 Å². The third kappa shape index (κ3) is 2.41. The second kappa shape index (κ2) is 4.82. The summed E-state index contributed by atoms with van der Waals surface area (Å²) in [4.78, 5) is 11.6. The summed E-state index contributed by atoms with van der Waals surface area (Å²) in [7, 11) is 0. The lowest BCUT2D eigenvalue weighted by atomic mass is 9.93. The molecule has 0 bridgehead atoms. The van der Waals surface area contributed by atoms with Crippen molar-refractivity contribution in [2.24, 2.45) is 0 Å². The van der Waals surface area contributed by atoms with E-state index in [1.807, 2.05) is 13.8 Å². The summed E-state index contributed by atoms with van der Waals surface area (Å²) in [5, 5.41) is 0. The van der Waals surface area contributed by atoms with Crippen LogP contribution in [-0.4, -0.2) is 9.97 Å². The van der Waals surface area contributed by atoms with Gasteiger partial charge in [0.25, 0.3) is 0 Å². The predicted octanol–water partition coefficient (Wildman–Crippen LogP) is 4.88. The highest BCUT2D eigenvalue weighted by Crippen LogP contribution is 2.33. The van der Waals surface area contributed by atoms with E-state index in [-0.39, 0.29) is 5.41 Å². The third-order valence-corrected chi connectivity index (χ3v) is 5.14. The maximum absolute atomic E-state index is 5.63. The molecule has 0 saturated carbocycles. The first-order valence-corrected chi connectivity index (χ1v) is 7.92. The van der Waals surface area contributed by atoms with E-state index in [9.17, 15) is 0 Å². The number of terminal acetylenes is 1. The molecule has 2 heterocycles. The molecule has 3 rings (SSSR count). The fourth-order valence-electron chi connectivity index (χ4n) is 2.23. The fourth-order valence-corrected chi connectivity index (χ4v) is 3.28. The summed E-state index contributed by atoms with van der Waals surface area (Å²) >= 11 is 1.64. The first-order chi connectivity index (χ1) is 9.90. The average molecular weight is 294 g/mol. The van der Waals surface area contributed by atoms with Crippen molar-refractivity contribution in [1.82, 2.24) is 9.97 Å². The first-order valence-electron chi connectivity index (χ1n) is 7.10. The minimum Gasteiger partial charge on any atom is -0.244 e. The molecule has 0 fully saturated rings. The van der Waals surface area contributed by atoms with Crippen LogP contribution >= 0.6 is 11.3 Å². The van der Waals surface area contributed by atoms with Crippen LogP contribution in [0.25, 0.3) is 21.4 Å². The molecule has 3 heteroatoms. The molecule has 1 aromatic carbocycles. The SMILES string of the molecule is C#CC(C)(C)c1cc2nc3cc(C(C)C)ccc3nc2s1. The van der Waals surface area contributed by atoms with Gasteiger partial charge in [-0.3, -0.25) is 0 Å². The topological polar surface area (TPSA) is 25.8 Å². The maximum atomic E-state index is 5.63. The highest BCUT2D eigenvalue weighted by atomic mass is 32.1. The molecule has 0 N–H and O–H groups in total. The Labute approximate surface area is 129 Å². The van der Waals surface area contributed by atoms with Gasteiger partial charge in [0.15, 0.2) is 0 Å². The molecule has 0 aliphatic heterocycles. The van der Waals surface area contributed by atoms with Crippen molar-refractivity contribution in [3.8, 4) is 12.3 Å². The standard InChI is InChI=1S/C18H18N2S/c1-6-18(4,5)16-10-15-17(21-16)20-13-8-7-12(11(2)3)9-14(13)19-15/h1,7-11H,2-5H3. The lowest BCUT2D eigenvalue weighted by Gasteiger charge is -2.13. The second-order valence-electron chi connectivity index (χ2n) is 6.20. The average Bonchev–Trinajstić information content (AvgIpc) is 2.87. The van der Waals surface area contributed by atoms with E-state index >= 15 is 0 Å². The summed E-state index contributed by atoms with van der Waals surface area (Å²) in [5.41, 5.74) is 3.85. The van der Waals surface area contributed by atoms with Crippen LogP contribution in [0.5, 0.6) is 0 Å². The van der Waals surface area contributed by atoms with Crippen molar-refractivity contribution >= 4 is 32.7 Å². The van der Waals surface area contributed by atoms with Crippen molar-refractivity contribution in [3.63, 3.8) is 0 Å². The molecule has 0 unspecified atom stereocenters. The minimum absolute atomic E-state index is 0.275. The number of fused-ring (bicyclic) bond motifs is 2. The Morgan fingerprint density at radius 3 is 2.52 bits per heavy atom. The molecule has 3 aromatic rings. The molecular weight excluding hydrogens is 276 g/mol. The number of hydrogen-bond acceptors (Lipinski definition) is 3. The number of rotatable bonds is 2. The normalized spacial score (nSPS) is 12.2. The summed E-state index contributed by atoms with van der Waals surface area (Å²) in [5.74, 6) is 3.33. The molecule has 0 atom stereocenters. The number of nitrogens with zero attached hydrogens (tertiary/aromatic N) is 2. The lowest BCUT2D eigenvalue weighted by Crippen LogP contribution is -2.11. The van der Waals surface area contributed by atoms with Crippen LogP contribution in [0.3, 0.4) is 0 Å². The van der Waals surface area contributed by atoms with E-state index in [2.05, 4.69) is 44.0 Å². The summed E-state index contributed by atoms with van der Waals surface area (Å²) in [6.45, 7) is 8.47. The zero-order chi connectivity index (χ0) is 15.2. The molecule has 0 saturated heterocycles. The molecular formula is C18H18N2S. The van der Waals surface area contributed by atoms with Crippen molar-refractivity contribution in [2.75, 3.05) is 0 Å². The highest BCUT2D eigenvalue weighted by Gasteiger charge is 2.21. The first kappa shape index (κ1) is 14.0. The van der Waals surface area contributed by atoms with Crippen LogP contribution < -0.4 is 0 Å². The van der Waals surface area contributed by atoms with Crippen LogP contribution in [-0.2, 0) is 5.41 Å². The highest BCUT2D eigenvalue weighted by molar-refractivity contribution is 7.18. The number of aromatic nitrogens is 2. The van der Waals surface area contributed by atoms with Gasteiger partial charge in [-0.2, -0.15) is 0 Å². The molecule has 0 spiro atoms. The Balaban J connectivity index is 2.22. The minimum atomic E-state index is -0.275. The second-order valence-corrected chi connectivity index (χ2v) is 7.23. The Kier molecular flexibility index (Phi) is 3.22. The van der Waals surface area contributed by atoms with Gasteiger partial charge in [0.2, 0.25) is 0 Å². The van der Waals surface area contributed by atoms with Crippen LogP contribution in [0.4, 0.5) is 0 Å². The van der Waals surface area contributed by atoms with E-state index in [0.717, 1.165) is 26.3 Å². The number of benzene rings is 1. The quantitative estimate of drug-likeness (QED) is 0.630. The van der Waals surface area contributed by atoms with E-state index < -0.39 is 0 Å². The maximum Gasteiger partial charge on any atom is 0.142 e.